The van der Waals surface area contributed by atoms with Gasteiger partial charge < -0.3 is 14.1 Å². The molecule has 0 radical (unpaired) electrons. The average molecular weight is 408 g/mol. The number of aldehydes is 1. The van der Waals surface area contributed by atoms with E-state index < -0.39 is 22.8 Å². The summed E-state index contributed by atoms with van der Waals surface area (Å²) >= 11 is -1.94. The van der Waals surface area contributed by atoms with Crippen molar-refractivity contribution in [2.75, 3.05) is 0 Å². The lowest BCUT2D eigenvalue weighted by atomic mass is 9.83. The smallest absolute Gasteiger partial charge is 0.157 e. The highest BCUT2D eigenvalue weighted by Crippen LogP contribution is 2.46. The van der Waals surface area contributed by atoms with Gasteiger partial charge in [-0.15, -0.1) is 0 Å². The standard InChI is InChI=1S/C23H17FO4S/c24-20-7-3-1-6-18(20)22-19(13-25)17-5-2-4-8-21(17)28-23(22)16-11-9-15(10-12-16)14-29(26)27/h1-13,19H,14H2,(H,26,27). The van der Waals surface area contributed by atoms with Gasteiger partial charge in [-0.1, -0.05) is 60.7 Å². The molecule has 0 bridgehead atoms. The normalized spacial score (nSPS) is 16.7. The Bertz CT molecular complexity index is 1120. The van der Waals surface area contributed by atoms with Crippen LogP contribution in [-0.4, -0.2) is 15.0 Å². The molecule has 2 unspecified atom stereocenters. The van der Waals surface area contributed by atoms with Crippen LogP contribution in [-0.2, 0) is 21.6 Å². The lowest BCUT2D eigenvalue weighted by molar-refractivity contribution is -0.108. The van der Waals surface area contributed by atoms with Crippen molar-refractivity contribution >= 4 is 28.7 Å². The van der Waals surface area contributed by atoms with Crippen LogP contribution in [0.15, 0.2) is 72.8 Å². The van der Waals surface area contributed by atoms with Crippen molar-refractivity contribution in [3.05, 3.63) is 101 Å². The summed E-state index contributed by atoms with van der Waals surface area (Å²) in [5.41, 5.74) is 2.77. The third-order valence-corrected chi connectivity index (χ3v) is 5.41. The molecule has 0 aliphatic carbocycles. The molecule has 3 aromatic carbocycles. The van der Waals surface area contributed by atoms with Crippen molar-refractivity contribution in [1.82, 2.24) is 0 Å². The number of para-hydroxylation sites is 1. The fourth-order valence-corrected chi connectivity index (χ4v) is 3.99. The minimum absolute atomic E-state index is 0.0140. The molecule has 0 aromatic heterocycles. The minimum atomic E-state index is -1.94. The fraction of sp³-hybridized carbons (Fsp3) is 0.0870. The number of ether oxygens (including phenoxy) is 1. The molecule has 29 heavy (non-hydrogen) atoms. The Morgan fingerprint density at radius 2 is 1.69 bits per heavy atom. The van der Waals surface area contributed by atoms with Crippen molar-refractivity contribution in [1.29, 1.82) is 0 Å². The van der Waals surface area contributed by atoms with E-state index in [4.69, 9.17) is 9.29 Å². The quantitative estimate of drug-likeness (QED) is 0.487. The third-order valence-electron chi connectivity index (χ3n) is 4.83. The summed E-state index contributed by atoms with van der Waals surface area (Å²) in [7, 11) is 0. The zero-order valence-electron chi connectivity index (χ0n) is 15.2. The van der Waals surface area contributed by atoms with Gasteiger partial charge in [0.15, 0.2) is 11.1 Å². The molecule has 0 spiro atoms. The second-order valence-corrected chi connectivity index (χ2v) is 7.57. The summed E-state index contributed by atoms with van der Waals surface area (Å²) < 4.78 is 41.0. The Morgan fingerprint density at radius 3 is 2.38 bits per heavy atom. The van der Waals surface area contributed by atoms with E-state index in [0.717, 1.165) is 6.29 Å². The van der Waals surface area contributed by atoms with Crippen LogP contribution in [0.3, 0.4) is 0 Å². The number of fused-ring (bicyclic) bond motifs is 1. The van der Waals surface area contributed by atoms with Crippen molar-refractivity contribution in [3.63, 3.8) is 0 Å². The predicted octanol–water partition coefficient (Wildman–Crippen LogP) is 4.79. The van der Waals surface area contributed by atoms with Crippen LogP contribution in [0, 0.1) is 5.82 Å². The molecule has 146 valence electrons. The van der Waals surface area contributed by atoms with Crippen LogP contribution < -0.4 is 4.74 Å². The molecule has 1 aliphatic rings. The van der Waals surface area contributed by atoms with E-state index in [2.05, 4.69) is 0 Å². The molecule has 3 aromatic rings. The molecule has 1 heterocycles. The summed E-state index contributed by atoms with van der Waals surface area (Å²) in [4.78, 5) is 12.1. The zero-order chi connectivity index (χ0) is 20.4. The van der Waals surface area contributed by atoms with Gasteiger partial charge in [-0.2, -0.15) is 0 Å². The Morgan fingerprint density at radius 1 is 1.00 bits per heavy atom. The lowest BCUT2D eigenvalue weighted by Crippen LogP contribution is -2.16. The number of benzene rings is 3. The summed E-state index contributed by atoms with van der Waals surface area (Å²) in [5.74, 6) is -0.179. The monoisotopic (exact) mass is 408 g/mol. The van der Waals surface area contributed by atoms with Crippen LogP contribution in [0.1, 0.15) is 28.2 Å². The number of carbonyl (C=O) groups is 1. The third kappa shape index (κ3) is 3.77. The van der Waals surface area contributed by atoms with E-state index in [1.807, 2.05) is 12.1 Å². The molecule has 1 aliphatic heterocycles. The van der Waals surface area contributed by atoms with Crippen LogP contribution in [0.5, 0.6) is 5.75 Å². The number of halogens is 1. The molecule has 0 saturated heterocycles. The number of allylic oxidation sites excluding steroid dienone is 1. The highest BCUT2D eigenvalue weighted by molar-refractivity contribution is 7.78. The highest BCUT2D eigenvalue weighted by atomic mass is 32.2. The van der Waals surface area contributed by atoms with E-state index >= 15 is 0 Å². The van der Waals surface area contributed by atoms with Gasteiger partial charge >= 0.3 is 0 Å². The van der Waals surface area contributed by atoms with E-state index in [-0.39, 0.29) is 5.75 Å². The molecule has 4 nitrogen and oxygen atoms in total. The SMILES string of the molecule is O=CC1C(c2ccccc2F)=C(c2ccc(CS(=O)O)cc2)Oc2ccccc21. The van der Waals surface area contributed by atoms with Crippen LogP contribution in [0.4, 0.5) is 4.39 Å². The van der Waals surface area contributed by atoms with E-state index in [9.17, 15) is 13.4 Å². The van der Waals surface area contributed by atoms with E-state index in [1.165, 1.54) is 6.07 Å². The van der Waals surface area contributed by atoms with Gasteiger partial charge in [0.25, 0.3) is 0 Å². The molecule has 2 atom stereocenters. The van der Waals surface area contributed by atoms with Crippen LogP contribution in [0.25, 0.3) is 11.3 Å². The van der Waals surface area contributed by atoms with Gasteiger partial charge in [-0.05, 0) is 17.7 Å². The van der Waals surface area contributed by atoms with E-state index in [0.29, 0.717) is 39.3 Å². The molecule has 0 amide bonds. The number of carbonyl (C=O) groups excluding carboxylic acids is 1. The Balaban J connectivity index is 1.91. The zero-order valence-corrected chi connectivity index (χ0v) is 16.1. The minimum Gasteiger partial charge on any atom is -0.456 e. The summed E-state index contributed by atoms with van der Waals surface area (Å²) in [6, 6.07) is 20.4. The van der Waals surface area contributed by atoms with Crippen molar-refractivity contribution in [2.24, 2.45) is 0 Å². The predicted molar refractivity (Wildman–Crippen MR) is 110 cm³/mol. The van der Waals surface area contributed by atoms with Gasteiger partial charge in [-0.25, -0.2) is 8.60 Å². The number of rotatable bonds is 5. The maximum atomic E-state index is 14.7. The van der Waals surface area contributed by atoms with Gasteiger partial charge in [-0.3, -0.25) is 0 Å². The summed E-state index contributed by atoms with van der Waals surface area (Å²) in [5, 5.41) is 0. The van der Waals surface area contributed by atoms with E-state index in [1.54, 1.807) is 54.6 Å². The molecular weight excluding hydrogens is 391 g/mol. The molecule has 4 rings (SSSR count). The van der Waals surface area contributed by atoms with Gasteiger partial charge in [0, 0.05) is 22.3 Å². The van der Waals surface area contributed by atoms with Crippen molar-refractivity contribution in [2.45, 2.75) is 11.7 Å². The summed E-state index contributed by atoms with van der Waals surface area (Å²) in [6.45, 7) is 0. The average Bonchev–Trinajstić information content (AvgIpc) is 2.73. The van der Waals surface area contributed by atoms with Crippen LogP contribution in [0.2, 0.25) is 0 Å². The Kier molecular flexibility index (Phi) is 5.38. The number of hydrogen-bond acceptors (Lipinski definition) is 3. The Labute approximate surface area is 169 Å². The van der Waals surface area contributed by atoms with Gasteiger partial charge in [0.2, 0.25) is 0 Å². The topological polar surface area (TPSA) is 63.6 Å². The van der Waals surface area contributed by atoms with Crippen molar-refractivity contribution < 1.29 is 22.7 Å². The number of hydrogen-bond donors (Lipinski definition) is 1. The van der Waals surface area contributed by atoms with Gasteiger partial charge in [0.05, 0.1) is 11.7 Å². The molecular formula is C23H17FO4S. The molecule has 1 N–H and O–H groups in total. The largest absolute Gasteiger partial charge is 0.456 e. The first-order valence-corrected chi connectivity index (χ1v) is 10.2. The Hall–Kier alpha value is -3.09. The molecule has 6 heteroatoms. The van der Waals surface area contributed by atoms with Gasteiger partial charge in [0.1, 0.15) is 23.6 Å². The van der Waals surface area contributed by atoms with Crippen molar-refractivity contribution in [3.8, 4) is 5.75 Å². The maximum Gasteiger partial charge on any atom is 0.157 e. The van der Waals surface area contributed by atoms with Crippen LogP contribution >= 0.6 is 0 Å². The lowest BCUT2D eigenvalue weighted by Gasteiger charge is -2.28. The second-order valence-electron chi connectivity index (χ2n) is 6.64. The molecule has 0 saturated carbocycles. The first-order valence-electron chi connectivity index (χ1n) is 8.96. The molecule has 0 fully saturated rings. The fourth-order valence-electron chi connectivity index (χ4n) is 3.51. The first kappa shape index (κ1) is 19.2. The summed E-state index contributed by atoms with van der Waals surface area (Å²) in [6.07, 6.45) is 0.798. The maximum absolute atomic E-state index is 14.7. The second kappa shape index (κ2) is 8.11. The first-order chi connectivity index (χ1) is 14.1. The highest BCUT2D eigenvalue weighted by Gasteiger charge is 2.32.